The van der Waals surface area contributed by atoms with E-state index >= 15 is 0 Å². The number of nitrogens with one attached hydrogen (secondary N) is 1. The number of amides is 1. The fourth-order valence-electron chi connectivity index (χ4n) is 1.72. The molecule has 0 radical (unpaired) electrons. The van der Waals surface area contributed by atoms with E-state index in [0.717, 1.165) is 9.64 Å². The van der Waals surface area contributed by atoms with Gasteiger partial charge in [0, 0.05) is 21.4 Å². The van der Waals surface area contributed by atoms with Crippen molar-refractivity contribution in [2.45, 2.75) is 0 Å². The summed E-state index contributed by atoms with van der Waals surface area (Å²) in [6, 6.07) is 10.4. The third-order valence-electron chi connectivity index (χ3n) is 2.84. The minimum atomic E-state index is -0.915. The van der Waals surface area contributed by atoms with Crippen LogP contribution in [0.5, 0.6) is 0 Å². The average molecular weight is 461 g/mol. The second kappa shape index (κ2) is 8.06. The fraction of sp³-hybridized carbons (Fsp3) is 0.0667. The van der Waals surface area contributed by atoms with E-state index in [1.54, 1.807) is 12.1 Å². The molecule has 0 spiro atoms. The lowest BCUT2D eigenvalue weighted by Crippen LogP contribution is -2.21. The van der Waals surface area contributed by atoms with Crippen LogP contribution in [0.15, 0.2) is 42.5 Å². The van der Waals surface area contributed by atoms with E-state index in [2.05, 4.69) is 27.9 Å². The number of halogens is 2. The number of esters is 1. The number of nitro groups is 1. The SMILES string of the molecule is O=C(COC(=O)c1cc([N+](=O)[O-])ccc1Cl)Nc1ccc(I)cc1. The van der Waals surface area contributed by atoms with Gasteiger partial charge in [0.2, 0.25) is 0 Å². The summed E-state index contributed by atoms with van der Waals surface area (Å²) in [7, 11) is 0. The van der Waals surface area contributed by atoms with Crippen molar-refractivity contribution in [1.29, 1.82) is 0 Å². The number of non-ortho nitro benzene ring substituents is 1. The molecule has 0 atom stereocenters. The molecule has 0 aliphatic carbocycles. The van der Waals surface area contributed by atoms with E-state index in [1.165, 1.54) is 12.1 Å². The van der Waals surface area contributed by atoms with Crippen LogP contribution >= 0.6 is 34.2 Å². The molecule has 0 heterocycles. The van der Waals surface area contributed by atoms with Gasteiger partial charge in [0.05, 0.1) is 15.5 Å². The maximum absolute atomic E-state index is 11.9. The highest BCUT2D eigenvalue weighted by Crippen LogP contribution is 2.22. The molecule has 0 aromatic heterocycles. The Morgan fingerprint density at radius 1 is 1.21 bits per heavy atom. The van der Waals surface area contributed by atoms with Crippen LogP contribution in [0.25, 0.3) is 0 Å². The summed E-state index contributed by atoms with van der Waals surface area (Å²) in [5.74, 6) is -1.45. The van der Waals surface area contributed by atoms with E-state index < -0.39 is 23.4 Å². The average Bonchev–Trinajstić information content (AvgIpc) is 2.55. The minimum Gasteiger partial charge on any atom is -0.452 e. The lowest BCUT2D eigenvalue weighted by Gasteiger charge is -2.07. The third-order valence-corrected chi connectivity index (χ3v) is 3.89. The van der Waals surface area contributed by atoms with Crippen LogP contribution in [0.1, 0.15) is 10.4 Å². The summed E-state index contributed by atoms with van der Waals surface area (Å²) >= 11 is 7.96. The first kappa shape index (κ1) is 18.1. The molecule has 0 saturated heterocycles. The molecule has 9 heteroatoms. The molecule has 0 bridgehead atoms. The normalized spacial score (nSPS) is 10.1. The van der Waals surface area contributed by atoms with E-state index in [0.29, 0.717) is 5.69 Å². The topological polar surface area (TPSA) is 98.5 Å². The number of rotatable bonds is 5. The van der Waals surface area contributed by atoms with E-state index in [1.807, 2.05) is 12.1 Å². The summed E-state index contributed by atoms with van der Waals surface area (Å²) in [5, 5.41) is 13.3. The highest BCUT2D eigenvalue weighted by Gasteiger charge is 2.18. The Hall–Kier alpha value is -2.20. The lowest BCUT2D eigenvalue weighted by molar-refractivity contribution is -0.384. The zero-order chi connectivity index (χ0) is 17.7. The number of nitro benzene ring substituents is 1. The number of carbonyl (C=O) groups excluding carboxylic acids is 2. The van der Waals surface area contributed by atoms with Gasteiger partial charge in [0.25, 0.3) is 11.6 Å². The van der Waals surface area contributed by atoms with E-state index in [4.69, 9.17) is 16.3 Å². The van der Waals surface area contributed by atoms with Gasteiger partial charge in [0.15, 0.2) is 6.61 Å². The van der Waals surface area contributed by atoms with Gasteiger partial charge in [-0.2, -0.15) is 0 Å². The summed E-state index contributed by atoms with van der Waals surface area (Å²) in [5.41, 5.74) is 0.0902. The molecule has 2 aromatic carbocycles. The Balaban J connectivity index is 1.97. The summed E-state index contributed by atoms with van der Waals surface area (Å²) in [6.45, 7) is -0.538. The summed E-state index contributed by atoms with van der Waals surface area (Å²) in [4.78, 5) is 33.8. The number of nitrogens with zero attached hydrogens (tertiary/aromatic N) is 1. The van der Waals surface area contributed by atoms with Gasteiger partial charge in [-0.1, -0.05) is 11.6 Å². The largest absolute Gasteiger partial charge is 0.452 e. The molecule has 2 aromatic rings. The zero-order valence-electron chi connectivity index (χ0n) is 12.0. The van der Waals surface area contributed by atoms with Crippen LogP contribution in [0.2, 0.25) is 5.02 Å². The first-order valence-electron chi connectivity index (χ1n) is 6.53. The molecule has 0 saturated carbocycles. The van der Waals surface area contributed by atoms with Crippen LogP contribution in [-0.2, 0) is 9.53 Å². The van der Waals surface area contributed by atoms with Gasteiger partial charge in [0.1, 0.15) is 0 Å². The number of carbonyl (C=O) groups is 2. The predicted molar refractivity (Wildman–Crippen MR) is 96.2 cm³/mol. The van der Waals surface area contributed by atoms with Crippen LogP contribution in [0, 0.1) is 13.7 Å². The van der Waals surface area contributed by atoms with Crippen molar-refractivity contribution >= 4 is 57.4 Å². The van der Waals surface area contributed by atoms with E-state index in [-0.39, 0.29) is 16.3 Å². The van der Waals surface area contributed by atoms with Crippen LogP contribution < -0.4 is 5.32 Å². The van der Waals surface area contributed by atoms with Gasteiger partial charge in [-0.05, 0) is 52.9 Å². The molecule has 7 nitrogen and oxygen atoms in total. The molecule has 124 valence electrons. The molecule has 24 heavy (non-hydrogen) atoms. The van der Waals surface area contributed by atoms with Crippen LogP contribution in [0.4, 0.5) is 11.4 Å². The Labute approximate surface area is 155 Å². The second-order valence-electron chi connectivity index (χ2n) is 4.55. The smallest absolute Gasteiger partial charge is 0.340 e. The summed E-state index contributed by atoms with van der Waals surface area (Å²) < 4.78 is 5.85. The number of hydrogen-bond acceptors (Lipinski definition) is 5. The Bertz CT molecular complexity index is 795. The maximum atomic E-state index is 11.9. The molecule has 0 aliphatic rings. The van der Waals surface area contributed by atoms with Crippen molar-refractivity contribution in [3.05, 3.63) is 66.7 Å². The van der Waals surface area contributed by atoms with Crippen molar-refractivity contribution in [3.8, 4) is 0 Å². The quantitative estimate of drug-likeness (QED) is 0.318. The van der Waals surface area contributed by atoms with E-state index in [9.17, 15) is 19.7 Å². The zero-order valence-corrected chi connectivity index (χ0v) is 14.9. The monoisotopic (exact) mass is 460 g/mol. The van der Waals surface area contributed by atoms with Gasteiger partial charge < -0.3 is 10.1 Å². The van der Waals surface area contributed by atoms with Crippen molar-refractivity contribution in [2.24, 2.45) is 0 Å². The molecule has 0 fully saturated rings. The standard InChI is InChI=1S/C15H10ClIN2O5/c16-13-6-5-11(19(22)23)7-12(13)15(21)24-8-14(20)18-10-3-1-9(17)2-4-10/h1-7H,8H2,(H,18,20). The molecular formula is C15H10ClIN2O5. The number of hydrogen-bond donors (Lipinski definition) is 1. The Morgan fingerprint density at radius 3 is 2.50 bits per heavy atom. The lowest BCUT2D eigenvalue weighted by atomic mass is 10.2. The fourth-order valence-corrected chi connectivity index (χ4v) is 2.28. The van der Waals surface area contributed by atoms with Crippen LogP contribution in [0.3, 0.4) is 0 Å². The minimum absolute atomic E-state index is 0.00337. The highest BCUT2D eigenvalue weighted by atomic mass is 127. The summed E-state index contributed by atoms with van der Waals surface area (Å²) in [6.07, 6.45) is 0. The van der Waals surface area contributed by atoms with Crippen molar-refractivity contribution < 1.29 is 19.2 Å². The Morgan fingerprint density at radius 2 is 1.88 bits per heavy atom. The predicted octanol–water partition coefficient (Wildman–Crippen LogP) is 3.65. The number of anilines is 1. The second-order valence-corrected chi connectivity index (χ2v) is 6.21. The maximum Gasteiger partial charge on any atom is 0.340 e. The van der Waals surface area contributed by atoms with Gasteiger partial charge >= 0.3 is 5.97 Å². The molecule has 0 aliphatic heterocycles. The van der Waals surface area contributed by atoms with Crippen molar-refractivity contribution in [1.82, 2.24) is 0 Å². The molecule has 1 amide bonds. The van der Waals surface area contributed by atoms with Gasteiger partial charge in [-0.15, -0.1) is 0 Å². The molecule has 2 rings (SSSR count). The first-order chi connectivity index (χ1) is 11.4. The molecule has 1 N–H and O–H groups in total. The van der Waals surface area contributed by atoms with Crippen molar-refractivity contribution in [3.63, 3.8) is 0 Å². The highest BCUT2D eigenvalue weighted by molar-refractivity contribution is 14.1. The van der Waals surface area contributed by atoms with Gasteiger partial charge in [-0.3, -0.25) is 14.9 Å². The third kappa shape index (κ3) is 4.90. The van der Waals surface area contributed by atoms with Crippen LogP contribution in [-0.4, -0.2) is 23.4 Å². The number of ether oxygens (including phenoxy) is 1. The van der Waals surface area contributed by atoms with Gasteiger partial charge in [-0.25, -0.2) is 4.79 Å². The molecular weight excluding hydrogens is 451 g/mol. The first-order valence-corrected chi connectivity index (χ1v) is 7.99. The number of benzene rings is 2. The Kier molecular flexibility index (Phi) is 6.10. The molecule has 0 unspecified atom stereocenters. The van der Waals surface area contributed by atoms with Crippen molar-refractivity contribution in [2.75, 3.05) is 11.9 Å².